The van der Waals surface area contributed by atoms with Crippen LogP contribution >= 0.6 is 11.6 Å². The summed E-state index contributed by atoms with van der Waals surface area (Å²) in [6, 6.07) is 0. The van der Waals surface area contributed by atoms with Gasteiger partial charge in [-0.25, -0.2) is 26.3 Å². The van der Waals surface area contributed by atoms with Gasteiger partial charge in [-0.2, -0.15) is 0 Å². The molecule has 0 amide bonds. The van der Waals surface area contributed by atoms with Crippen molar-refractivity contribution in [2.45, 2.75) is 49.7 Å². The Kier molecular flexibility index (Phi) is 4.63. The Balaban J connectivity index is 3.86. The Hall–Kier alpha value is -0.218. The lowest BCUT2D eigenvalue weighted by Gasteiger charge is -2.51. The second kappa shape index (κ2) is 5.14. The number of rotatable bonds is 2. The highest BCUT2D eigenvalue weighted by Crippen LogP contribution is 2.52. The zero-order chi connectivity index (χ0) is 17.9. The van der Waals surface area contributed by atoms with Crippen molar-refractivity contribution < 1.29 is 30.8 Å². The van der Waals surface area contributed by atoms with Gasteiger partial charge in [0, 0.05) is 5.56 Å². The third-order valence-corrected chi connectivity index (χ3v) is 7.42. The van der Waals surface area contributed by atoms with E-state index in [-0.39, 0.29) is 5.84 Å². The molecule has 2 unspecified atom stereocenters. The molecule has 1 aliphatic heterocycles. The van der Waals surface area contributed by atoms with Gasteiger partial charge in [0.2, 0.25) is 0 Å². The molecule has 130 valence electrons. The summed E-state index contributed by atoms with van der Waals surface area (Å²) in [6.07, 6.45) is -15.9. The molecule has 0 N–H and O–H groups in total. The summed E-state index contributed by atoms with van der Waals surface area (Å²) < 4.78 is 81.3. The molecule has 0 fully saturated rings. The number of nitrogens with zero attached hydrogens (tertiary/aromatic N) is 2. The Morgan fingerprint density at radius 3 is 1.64 bits per heavy atom. The minimum Gasteiger partial charge on any atom is -0.428 e. The van der Waals surface area contributed by atoms with Crippen LogP contribution < -0.4 is 0 Å². The van der Waals surface area contributed by atoms with Crippen LogP contribution in [0.25, 0.3) is 0 Å². The van der Waals surface area contributed by atoms with E-state index in [1.54, 1.807) is 0 Å². The van der Waals surface area contributed by atoms with Gasteiger partial charge in [0.1, 0.15) is 5.38 Å². The molecule has 2 atom stereocenters. The topological polar surface area (TPSA) is 12.4 Å². The van der Waals surface area contributed by atoms with Gasteiger partial charge in [0.15, 0.2) is 5.84 Å². The molecule has 0 bridgehead atoms. The summed E-state index contributed by atoms with van der Waals surface area (Å²) in [7, 11) is -0.246. The van der Waals surface area contributed by atoms with Gasteiger partial charge < -0.3 is 9.39 Å². The summed E-state index contributed by atoms with van der Waals surface area (Å²) in [4.78, 5) is 3.27. The van der Waals surface area contributed by atoms with Crippen molar-refractivity contribution in [3.05, 3.63) is 0 Å². The summed E-state index contributed by atoms with van der Waals surface area (Å²) in [5.41, 5.74) is -1.68. The molecular formula is C11H20BClF6N2Si. The Labute approximate surface area is 132 Å². The SMILES string of the molecule is CC(Cl)C1=N[B-](C(F)(F)F)(C(F)(F)F)C([Si](C)(C)C)[N+]1(C)C. The van der Waals surface area contributed by atoms with E-state index in [2.05, 4.69) is 4.90 Å². The summed E-state index contributed by atoms with van der Waals surface area (Å²) in [6.45, 7) is 5.86. The van der Waals surface area contributed by atoms with Gasteiger partial charge >= 0.3 is 6.28 Å². The molecule has 22 heavy (non-hydrogen) atoms. The summed E-state index contributed by atoms with van der Waals surface area (Å²) in [5, 5.41) is -1.01. The first-order valence-corrected chi connectivity index (χ1v) is 10.8. The fourth-order valence-electron chi connectivity index (χ4n) is 4.05. The van der Waals surface area contributed by atoms with Gasteiger partial charge in [-0.3, -0.25) is 0 Å². The van der Waals surface area contributed by atoms with E-state index in [1.807, 2.05) is 0 Å². The van der Waals surface area contributed by atoms with Gasteiger partial charge in [-0.15, -0.1) is 11.6 Å². The third-order valence-electron chi connectivity index (χ3n) is 4.32. The van der Waals surface area contributed by atoms with E-state index in [4.69, 9.17) is 11.6 Å². The Morgan fingerprint density at radius 2 is 1.45 bits per heavy atom. The van der Waals surface area contributed by atoms with Crippen molar-refractivity contribution in [3.63, 3.8) is 0 Å². The van der Waals surface area contributed by atoms with Gasteiger partial charge in [-0.05, 0) is 6.92 Å². The van der Waals surface area contributed by atoms with Crippen LogP contribution in [0.5, 0.6) is 0 Å². The van der Waals surface area contributed by atoms with Crippen molar-refractivity contribution in [2.75, 3.05) is 14.1 Å². The number of amidine groups is 1. The molecule has 0 aromatic rings. The fourth-order valence-corrected chi connectivity index (χ4v) is 8.33. The Bertz CT molecular complexity index is 466. The van der Waals surface area contributed by atoms with Crippen molar-refractivity contribution in [1.82, 2.24) is 0 Å². The zero-order valence-electron chi connectivity index (χ0n) is 13.3. The van der Waals surface area contributed by atoms with Crippen molar-refractivity contribution in [3.8, 4) is 0 Å². The lowest BCUT2D eigenvalue weighted by molar-refractivity contribution is -0.801. The smallest absolute Gasteiger partial charge is 0.389 e. The molecule has 0 aromatic carbocycles. The fraction of sp³-hybridized carbons (Fsp3) is 0.909. The molecular weight excluding hydrogens is 348 g/mol. The maximum absolute atomic E-state index is 13.6. The molecule has 0 spiro atoms. The molecule has 0 saturated heterocycles. The van der Waals surface area contributed by atoms with Crippen LogP contribution in [0.3, 0.4) is 0 Å². The highest BCUT2D eigenvalue weighted by Gasteiger charge is 2.79. The largest absolute Gasteiger partial charge is 0.428 e. The van der Waals surface area contributed by atoms with E-state index in [9.17, 15) is 26.3 Å². The number of hydrogen-bond acceptors (Lipinski definition) is 1. The normalized spacial score (nSPS) is 26.8. The van der Waals surface area contributed by atoms with E-state index in [1.165, 1.54) is 40.7 Å². The van der Waals surface area contributed by atoms with Crippen molar-refractivity contribution in [2.24, 2.45) is 4.90 Å². The highest BCUT2D eigenvalue weighted by molar-refractivity contribution is 7.00. The minimum atomic E-state index is -5.48. The molecule has 1 heterocycles. The van der Waals surface area contributed by atoms with E-state index >= 15 is 0 Å². The first-order chi connectivity index (χ1) is 9.40. The molecule has 0 radical (unpaired) electrons. The predicted octanol–water partition coefficient (Wildman–Crippen LogP) is 4.04. The van der Waals surface area contributed by atoms with Crippen LogP contribution in [0.1, 0.15) is 6.92 Å². The lowest BCUT2D eigenvalue weighted by Crippen LogP contribution is -2.78. The van der Waals surface area contributed by atoms with Crippen LogP contribution in [0.2, 0.25) is 19.6 Å². The standard InChI is InChI=1S/C11H20BClF6N2Si/c1-7(13)8-20-12(10(14,15)16,11(17,18)19)9(21(8,2)3)22(4,5)6/h7,9H,1-6H3. The van der Waals surface area contributed by atoms with Gasteiger partial charge in [-0.1, -0.05) is 19.6 Å². The molecule has 11 heteroatoms. The second-order valence-corrected chi connectivity index (χ2v) is 13.4. The molecule has 1 aliphatic rings. The van der Waals surface area contributed by atoms with Crippen LogP contribution in [0, 0.1) is 0 Å². The van der Waals surface area contributed by atoms with E-state index < -0.39 is 41.9 Å². The summed E-state index contributed by atoms with van der Waals surface area (Å²) in [5.74, 6) is -0.260. The Morgan fingerprint density at radius 1 is 1.09 bits per heavy atom. The van der Waals surface area contributed by atoms with Gasteiger partial charge in [0.05, 0.1) is 22.2 Å². The molecule has 0 saturated carbocycles. The van der Waals surface area contributed by atoms with Crippen LogP contribution in [0.4, 0.5) is 26.3 Å². The van der Waals surface area contributed by atoms with Crippen LogP contribution in [0.15, 0.2) is 4.90 Å². The predicted molar refractivity (Wildman–Crippen MR) is 79.9 cm³/mol. The molecule has 1 rings (SSSR count). The first kappa shape index (κ1) is 19.8. The van der Waals surface area contributed by atoms with Gasteiger partial charge in [0.25, 0.3) is 12.2 Å². The lowest BCUT2D eigenvalue weighted by atomic mass is 9.33. The highest BCUT2D eigenvalue weighted by atomic mass is 35.5. The van der Waals surface area contributed by atoms with Crippen LogP contribution in [-0.4, -0.2) is 61.9 Å². The molecule has 2 nitrogen and oxygen atoms in total. The molecule has 0 aliphatic carbocycles. The van der Waals surface area contributed by atoms with Crippen molar-refractivity contribution >= 4 is 31.8 Å². The summed E-state index contributed by atoms with van der Waals surface area (Å²) >= 11 is 5.86. The third kappa shape index (κ3) is 2.71. The number of hydrogen-bond donors (Lipinski definition) is 0. The number of quaternary nitrogens is 1. The monoisotopic (exact) mass is 368 g/mol. The minimum absolute atomic E-state index is 0.260. The number of halogens is 7. The maximum atomic E-state index is 13.6. The first-order valence-electron chi connectivity index (χ1n) is 6.78. The maximum Gasteiger partial charge on any atom is 0.389 e. The average molecular weight is 369 g/mol. The molecule has 0 aromatic heterocycles. The number of alkyl halides is 7. The van der Waals surface area contributed by atoms with Crippen molar-refractivity contribution in [1.29, 1.82) is 0 Å². The zero-order valence-corrected chi connectivity index (χ0v) is 15.0. The second-order valence-electron chi connectivity index (χ2n) is 7.42. The quantitative estimate of drug-likeness (QED) is 0.302. The van der Waals surface area contributed by atoms with E-state index in [0.29, 0.717) is 0 Å². The van der Waals surface area contributed by atoms with Crippen LogP contribution in [-0.2, 0) is 0 Å². The van der Waals surface area contributed by atoms with E-state index in [0.717, 1.165) is 0 Å². The average Bonchev–Trinajstić information content (AvgIpc) is 2.43.